The topological polar surface area (TPSA) is 83.4 Å². The van der Waals surface area contributed by atoms with E-state index < -0.39 is 0 Å². The second-order valence-corrected chi connectivity index (χ2v) is 5.24. The highest BCUT2D eigenvalue weighted by molar-refractivity contribution is 5.37. The van der Waals surface area contributed by atoms with Gasteiger partial charge in [-0.25, -0.2) is 0 Å². The Balaban J connectivity index is 2.04. The van der Waals surface area contributed by atoms with Crippen molar-refractivity contribution in [3.8, 4) is 6.01 Å². The molecule has 2 rings (SSSR count). The number of aliphatic hydroxyl groups is 1. The molecule has 1 heterocycles. The van der Waals surface area contributed by atoms with E-state index in [2.05, 4.69) is 27.2 Å². The largest absolute Gasteiger partial charge is 0.467 e. The van der Waals surface area contributed by atoms with Crippen LogP contribution in [0.3, 0.4) is 0 Å². The highest BCUT2D eigenvalue weighted by atomic mass is 16.5. The molecule has 0 amide bonds. The van der Waals surface area contributed by atoms with Crippen LogP contribution in [0.15, 0.2) is 0 Å². The molecule has 2 N–H and O–H groups in total. The maximum absolute atomic E-state index is 9.34. The van der Waals surface area contributed by atoms with Gasteiger partial charge < -0.3 is 20.1 Å². The van der Waals surface area contributed by atoms with Gasteiger partial charge in [0.15, 0.2) is 0 Å². The van der Waals surface area contributed by atoms with E-state index in [1.807, 2.05) is 11.9 Å². The van der Waals surface area contributed by atoms with Crippen LogP contribution in [0.1, 0.15) is 26.2 Å². The van der Waals surface area contributed by atoms with Gasteiger partial charge >= 0.3 is 6.01 Å². The molecule has 112 valence electrons. The van der Waals surface area contributed by atoms with Crippen LogP contribution in [0.4, 0.5) is 11.9 Å². The zero-order valence-electron chi connectivity index (χ0n) is 12.3. The normalized spacial score (nSPS) is 21.2. The second-order valence-electron chi connectivity index (χ2n) is 5.24. The van der Waals surface area contributed by atoms with Crippen LogP contribution in [0.5, 0.6) is 6.01 Å². The predicted molar refractivity (Wildman–Crippen MR) is 77.2 cm³/mol. The molecule has 0 aromatic carbocycles. The molecule has 0 aliphatic heterocycles. The summed E-state index contributed by atoms with van der Waals surface area (Å²) in [5.41, 5.74) is 0. The van der Waals surface area contributed by atoms with Gasteiger partial charge in [0.1, 0.15) is 0 Å². The fourth-order valence-electron chi connectivity index (χ4n) is 2.24. The predicted octanol–water partition coefficient (Wildman–Crippen LogP) is 0.909. The van der Waals surface area contributed by atoms with Crippen molar-refractivity contribution >= 4 is 11.9 Å². The minimum atomic E-state index is -0.136. The van der Waals surface area contributed by atoms with Crippen LogP contribution >= 0.6 is 0 Å². The van der Waals surface area contributed by atoms with Gasteiger partial charge in [0.2, 0.25) is 11.9 Å². The molecule has 20 heavy (non-hydrogen) atoms. The lowest BCUT2D eigenvalue weighted by atomic mass is 9.82. The number of nitrogens with one attached hydrogen (secondary N) is 1. The summed E-state index contributed by atoms with van der Waals surface area (Å²) in [5, 5.41) is 12.5. The molecular formula is C13H23N5O2. The summed E-state index contributed by atoms with van der Waals surface area (Å²) < 4.78 is 5.12. The Bertz CT molecular complexity index is 437. The van der Waals surface area contributed by atoms with E-state index in [1.54, 1.807) is 7.11 Å². The SMILES string of the molecule is CCCNc1nc(OC)nc(N(C)CC2CC(O)C2)n1. The molecule has 0 radical (unpaired) electrons. The number of aliphatic hydroxyl groups excluding tert-OH is 1. The van der Waals surface area contributed by atoms with Crippen molar-refractivity contribution in [1.82, 2.24) is 15.0 Å². The fourth-order valence-corrected chi connectivity index (χ4v) is 2.24. The van der Waals surface area contributed by atoms with E-state index in [1.165, 1.54) is 0 Å². The van der Waals surface area contributed by atoms with Crippen LogP contribution in [0, 0.1) is 5.92 Å². The summed E-state index contributed by atoms with van der Waals surface area (Å²) in [6.07, 6.45) is 2.57. The van der Waals surface area contributed by atoms with Gasteiger partial charge in [-0.3, -0.25) is 0 Å². The van der Waals surface area contributed by atoms with Crippen molar-refractivity contribution in [3.63, 3.8) is 0 Å². The lowest BCUT2D eigenvalue weighted by Crippen LogP contribution is -2.37. The molecule has 1 aliphatic carbocycles. The van der Waals surface area contributed by atoms with Crippen molar-refractivity contribution in [2.45, 2.75) is 32.3 Å². The zero-order chi connectivity index (χ0) is 14.5. The molecule has 1 aromatic rings. The lowest BCUT2D eigenvalue weighted by molar-refractivity contribution is 0.0463. The van der Waals surface area contributed by atoms with Crippen LogP contribution < -0.4 is 15.0 Å². The Labute approximate surface area is 119 Å². The Morgan fingerprint density at radius 3 is 2.70 bits per heavy atom. The van der Waals surface area contributed by atoms with Gasteiger partial charge in [-0.1, -0.05) is 6.92 Å². The smallest absolute Gasteiger partial charge is 0.322 e. The van der Waals surface area contributed by atoms with Crippen molar-refractivity contribution < 1.29 is 9.84 Å². The third kappa shape index (κ3) is 3.69. The Morgan fingerprint density at radius 2 is 2.10 bits per heavy atom. The summed E-state index contributed by atoms with van der Waals surface area (Å²) in [6, 6.07) is 0.314. The molecule has 0 spiro atoms. The molecule has 7 nitrogen and oxygen atoms in total. The number of hydrogen-bond acceptors (Lipinski definition) is 7. The third-order valence-electron chi connectivity index (χ3n) is 3.40. The zero-order valence-corrected chi connectivity index (χ0v) is 12.3. The summed E-state index contributed by atoms with van der Waals surface area (Å²) in [5.74, 6) is 1.64. The first-order valence-corrected chi connectivity index (χ1v) is 7.05. The van der Waals surface area contributed by atoms with Crippen LogP contribution in [0.25, 0.3) is 0 Å². The van der Waals surface area contributed by atoms with Crippen LogP contribution in [0.2, 0.25) is 0 Å². The number of nitrogens with zero attached hydrogens (tertiary/aromatic N) is 4. The number of ether oxygens (including phenoxy) is 1. The van der Waals surface area contributed by atoms with Gasteiger partial charge in [0.25, 0.3) is 0 Å². The maximum atomic E-state index is 9.34. The minimum absolute atomic E-state index is 0.136. The number of methoxy groups -OCH3 is 1. The molecule has 7 heteroatoms. The number of rotatable bonds is 7. The van der Waals surface area contributed by atoms with E-state index in [0.29, 0.717) is 23.8 Å². The maximum Gasteiger partial charge on any atom is 0.322 e. The molecule has 0 saturated heterocycles. The van der Waals surface area contributed by atoms with Crippen molar-refractivity contribution in [2.24, 2.45) is 5.92 Å². The van der Waals surface area contributed by atoms with Gasteiger partial charge in [0, 0.05) is 20.1 Å². The van der Waals surface area contributed by atoms with Gasteiger partial charge in [-0.2, -0.15) is 15.0 Å². The Morgan fingerprint density at radius 1 is 1.35 bits per heavy atom. The molecule has 1 aromatic heterocycles. The number of hydrogen-bond donors (Lipinski definition) is 2. The molecule has 1 fully saturated rings. The number of aromatic nitrogens is 3. The van der Waals surface area contributed by atoms with Crippen molar-refractivity contribution in [2.75, 3.05) is 37.5 Å². The molecule has 1 aliphatic rings. The first-order valence-electron chi connectivity index (χ1n) is 7.05. The Hall–Kier alpha value is -1.63. The average molecular weight is 281 g/mol. The third-order valence-corrected chi connectivity index (χ3v) is 3.40. The van der Waals surface area contributed by atoms with Crippen molar-refractivity contribution in [3.05, 3.63) is 0 Å². The monoisotopic (exact) mass is 281 g/mol. The van der Waals surface area contributed by atoms with E-state index in [4.69, 9.17) is 4.74 Å². The lowest BCUT2D eigenvalue weighted by Gasteiger charge is -2.34. The quantitative estimate of drug-likeness (QED) is 0.768. The van der Waals surface area contributed by atoms with E-state index >= 15 is 0 Å². The second kappa shape index (κ2) is 6.69. The standard InChI is InChI=1S/C13H23N5O2/c1-4-5-14-11-15-12(17-13(16-11)20-3)18(2)8-9-6-10(19)7-9/h9-10,19H,4-8H2,1-3H3,(H,14,15,16,17). The summed E-state index contributed by atoms with van der Waals surface area (Å²) in [6.45, 7) is 3.73. The highest BCUT2D eigenvalue weighted by Crippen LogP contribution is 2.28. The summed E-state index contributed by atoms with van der Waals surface area (Å²) >= 11 is 0. The summed E-state index contributed by atoms with van der Waals surface area (Å²) in [4.78, 5) is 14.8. The summed E-state index contributed by atoms with van der Waals surface area (Å²) in [7, 11) is 3.49. The highest BCUT2D eigenvalue weighted by Gasteiger charge is 2.28. The number of anilines is 2. The van der Waals surface area contributed by atoms with E-state index in [9.17, 15) is 5.11 Å². The van der Waals surface area contributed by atoms with E-state index in [-0.39, 0.29) is 6.10 Å². The molecule has 0 bridgehead atoms. The molecule has 0 unspecified atom stereocenters. The molecule has 1 saturated carbocycles. The van der Waals surface area contributed by atoms with Crippen molar-refractivity contribution in [1.29, 1.82) is 0 Å². The average Bonchev–Trinajstić information content (AvgIpc) is 2.42. The Kier molecular flexibility index (Phi) is 4.94. The fraction of sp³-hybridized carbons (Fsp3) is 0.769. The van der Waals surface area contributed by atoms with E-state index in [0.717, 1.165) is 32.4 Å². The van der Waals surface area contributed by atoms with Gasteiger partial charge in [-0.15, -0.1) is 0 Å². The first-order chi connectivity index (χ1) is 9.62. The van der Waals surface area contributed by atoms with Crippen LogP contribution in [-0.2, 0) is 0 Å². The van der Waals surface area contributed by atoms with Gasteiger partial charge in [0.05, 0.1) is 13.2 Å². The van der Waals surface area contributed by atoms with Crippen LogP contribution in [-0.4, -0.2) is 53.4 Å². The van der Waals surface area contributed by atoms with Gasteiger partial charge in [-0.05, 0) is 25.2 Å². The molecular weight excluding hydrogens is 258 g/mol. The minimum Gasteiger partial charge on any atom is -0.467 e. The molecule has 0 atom stereocenters. The first kappa shape index (κ1) is 14.8.